The number of aryl methyl sites for hydroxylation is 1. The van der Waals surface area contributed by atoms with Crippen LogP contribution in [0.2, 0.25) is 0 Å². The molecule has 0 bridgehead atoms. The molecule has 6 heteroatoms. The van der Waals surface area contributed by atoms with Crippen molar-refractivity contribution in [1.82, 2.24) is 0 Å². The maximum Gasteiger partial charge on any atom is 0.203 e. The third kappa shape index (κ3) is 3.81. The summed E-state index contributed by atoms with van der Waals surface area (Å²) < 4.78 is 16.7. The molecule has 2 aromatic rings. The molecular weight excluding hydrogens is 582 g/mol. The second-order valence-electron chi connectivity index (χ2n) is 6.62. The molecule has 28 heavy (non-hydrogen) atoms. The molecular formula is C22H24O5U. The average Bonchev–Trinajstić information content (AvgIpc) is 2.81. The number of aromatic hydroxyl groups is 1. The van der Waals surface area contributed by atoms with Crippen molar-refractivity contribution in [2.24, 2.45) is 0 Å². The van der Waals surface area contributed by atoms with Gasteiger partial charge < -0.3 is 19.3 Å². The first-order chi connectivity index (χ1) is 12.9. The van der Waals surface area contributed by atoms with Gasteiger partial charge in [0.2, 0.25) is 5.75 Å². The molecule has 146 valence electrons. The number of methoxy groups -OCH3 is 3. The van der Waals surface area contributed by atoms with Gasteiger partial charge in [0, 0.05) is 42.6 Å². The normalized spacial score (nSPS) is 14.6. The molecule has 0 spiro atoms. The Morgan fingerprint density at radius 1 is 1.11 bits per heavy atom. The number of fused-ring (bicyclic) bond motifs is 3. The van der Waals surface area contributed by atoms with E-state index in [9.17, 15) is 9.90 Å². The molecule has 1 atom stereocenters. The first kappa shape index (κ1) is 22.4. The number of ketones is 1. The quantitative estimate of drug-likeness (QED) is 0.516. The topological polar surface area (TPSA) is 65.0 Å². The van der Waals surface area contributed by atoms with Gasteiger partial charge in [0.15, 0.2) is 17.3 Å². The van der Waals surface area contributed by atoms with Crippen LogP contribution in [0.4, 0.5) is 0 Å². The Hall–Kier alpha value is -1.90. The second kappa shape index (κ2) is 9.07. The molecule has 2 aromatic carbocycles. The minimum Gasteiger partial charge on any atom is -0.508 e. The summed E-state index contributed by atoms with van der Waals surface area (Å²) in [6.45, 7) is 5.53. The van der Waals surface area contributed by atoms with Crippen LogP contribution in [0.1, 0.15) is 30.4 Å². The first-order valence-electron chi connectivity index (χ1n) is 8.77. The predicted molar refractivity (Wildman–Crippen MR) is 104 cm³/mol. The Balaban J connectivity index is 0.00000280. The van der Waals surface area contributed by atoms with Gasteiger partial charge in [0.25, 0.3) is 0 Å². The van der Waals surface area contributed by atoms with Crippen molar-refractivity contribution in [3.05, 3.63) is 47.5 Å². The van der Waals surface area contributed by atoms with E-state index in [-0.39, 0.29) is 48.6 Å². The van der Waals surface area contributed by atoms with Crippen molar-refractivity contribution in [2.75, 3.05) is 21.3 Å². The van der Waals surface area contributed by atoms with Crippen LogP contribution in [-0.2, 0) is 11.2 Å². The number of hydrogen-bond donors (Lipinski definition) is 1. The number of hydrogen-bond acceptors (Lipinski definition) is 5. The molecule has 0 aliphatic heterocycles. The van der Waals surface area contributed by atoms with Crippen molar-refractivity contribution >= 4 is 5.78 Å². The third-order valence-electron chi connectivity index (χ3n) is 5.17. The molecule has 0 saturated carbocycles. The summed E-state index contributed by atoms with van der Waals surface area (Å²) in [7, 11) is 4.75. The molecule has 5 nitrogen and oxygen atoms in total. The maximum atomic E-state index is 12.0. The van der Waals surface area contributed by atoms with Crippen LogP contribution in [0.25, 0.3) is 11.1 Å². The summed E-state index contributed by atoms with van der Waals surface area (Å²) in [5.41, 5.74) is 4.22. The van der Waals surface area contributed by atoms with E-state index in [4.69, 9.17) is 14.2 Å². The van der Waals surface area contributed by atoms with E-state index in [0.29, 0.717) is 35.7 Å². The van der Waals surface area contributed by atoms with Gasteiger partial charge in [-0.15, -0.1) is 0 Å². The summed E-state index contributed by atoms with van der Waals surface area (Å²) in [5, 5.41) is 10.1. The SMILES string of the molecule is C=C(C(C)=O)[C@H]1CCc2cc(OC)c(OC)c(OC)c2-c2ccc(O)cc21.[U]. The van der Waals surface area contributed by atoms with Crippen LogP contribution in [-0.4, -0.2) is 32.2 Å². The van der Waals surface area contributed by atoms with E-state index in [1.54, 1.807) is 33.5 Å². The number of benzene rings is 2. The Labute approximate surface area is 189 Å². The summed E-state index contributed by atoms with van der Waals surface area (Å²) in [6.07, 6.45) is 1.40. The van der Waals surface area contributed by atoms with Crippen molar-refractivity contribution in [3.63, 3.8) is 0 Å². The zero-order valence-electron chi connectivity index (χ0n) is 16.6. The van der Waals surface area contributed by atoms with Crippen LogP contribution in [0.3, 0.4) is 0 Å². The van der Waals surface area contributed by atoms with Crippen molar-refractivity contribution in [3.8, 4) is 34.1 Å². The van der Waals surface area contributed by atoms with E-state index >= 15 is 0 Å². The van der Waals surface area contributed by atoms with Gasteiger partial charge in [-0.25, -0.2) is 0 Å². The van der Waals surface area contributed by atoms with Crippen molar-refractivity contribution in [1.29, 1.82) is 0 Å². The monoisotopic (exact) mass is 606 g/mol. The van der Waals surface area contributed by atoms with Gasteiger partial charge in [-0.05, 0) is 60.2 Å². The minimum absolute atomic E-state index is 0. The Morgan fingerprint density at radius 2 is 1.79 bits per heavy atom. The number of Topliss-reactive ketones (excluding diaryl/α,β-unsaturated/α-hetero) is 1. The van der Waals surface area contributed by atoms with Crippen molar-refractivity contribution in [2.45, 2.75) is 25.7 Å². The first-order valence-corrected chi connectivity index (χ1v) is 8.77. The predicted octanol–water partition coefficient (Wildman–Crippen LogP) is 4.26. The summed E-state index contributed by atoms with van der Waals surface area (Å²) in [4.78, 5) is 12.0. The van der Waals surface area contributed by atoms with Gasteiger partial charge in [0.05, 0.1) is 21.3 Å². The minimum atomic E-state index is -0.182. The van der Waals surface area contributed by atoms with Gasteiger partial charge in [0.1, 0.15) is 5.75 Å². The smallest absolute Gasteiger partial charge is 0.203 e. The molecule has 0 amide bonds. The van der Waals surface area contributed by atoms with Crippen LogP contribution >= 0.6 is 0 Å². The fraction of sp³-hybridized carbons (Fsp3) is 0.318. The number of allylic oxidation sites excluding steroid dienone is 1. The van der Waals surface area contributed by atoms with E-state index in [1.807, 2.05) is 12.1 Å². The Kier molecular flexibility index (Phi) is 7.25. The third-order valence-corrected chi connectivity index (χ3v) is 5.17. The van der Waals surface area contributed by atoms with Crippen LogP contribution < -0.4 is 14.2 Å². The molecule has 0 radical (unpaired) electrons. The van der Waals surface area contributed by atoms with E-state index < -0.39 is 0 Å². The molecule has 3 rings (SSSR count). The maximum absolute atomic E-state index is 12.0. The van der Waals surface area contributed by atoms with Gasteiger partial charge in [-0.3, -0.25) is 4.79 Å². The van der Waals surface area contributed by atoms with Crippen LogP contribution in [0.15, 0.2) is 36.4 Å². The molecule has 1 N–H and O–H groups in total. The zero-order chi connectivity index (χ0) is 19.7. The van der Waals surface area contributed by atoms with E-state index in [2.05, 4.69) is 6.58 Å². The fourth-order valence-corrected chi connectivity index (χ4v) is 3.83. The summed E-state index contributed by atoms with van der Waals surface area (Å²) >= 11 is 0. The van der Waals surface area contributed by atoms with E-state index in [0.717, 1.165) is 22.3 Å². The van der Waals surface area contributed by atoms with Crippen molar-refractivity contribution < 1.29 is 55.2 Å². The molecule has 0 aromatic heterocycles. The van der Waals surface area contributed by atoms with Gasteiger partial charge in [-0.1, -0.05) is 12.6 Å². The number of phenolic OH excluding ortho intramolecular Hbond substituents is 1. The van der Waals surface area contributed by atoms with Gasteiger partial charge >= 0.3 is 0 Å². The number of phenols is 1. The number of carbonyl (C=O) groups is 1. The molecule has 0 unspecified atom stereocenters. The second-order valence-corrected chi connectivity index (χ2v) is 6.62. The summed E-state index contributed by atoms with van der Waals surface area (Å²) in [5.74, 6) is 1.60. The van der Waals surface area contributed by atoms with Crippen LogP contribution in [0, 0.1) is 31.1 Å². The number of carbonyl (C=O) groups excluding carboxylic acids is 1. The summed E-state index contributed by atoms with van der Waals surface area (Å²) in [6, 6.07) is 7.15. The average molecular weight is 606 g/mol. The molecule has 0 saturated heterocycles. The molecule has 1 aliphatic carbocycles. The van der Waals surface area contributed by atoms with E-state index in [1.165, 1.54) is 6.92 Å². The molecule has 0 fully saturated rings. The van der Waals surface area contributed by atoms with Crippen LogP contribution in [0.5, 0.6) is 23.0 Å². The largest absolute Gasteiger partial charge is 0.508 e. The molecule has 0 heterocycles. The number of rotatable bonds is 5. The fourth-order valence-electron chi connectivity index (χ4n) is 3.83. The zero-order valence-corrected chi connectivity index (χ0v) is 20.8. The molecule has 1 aliphatic rings. The van der Waals surface area contributed by atoms with Gasteiger partial charge in [-0.2, -0.15) is 0 Å². The Bertz CT molecular complexity index is 920. The number of ether oxygens (including phenoxy) is 3. The Morgan fingerprint density at radius 3 is 2.36 bits per heavy atom. The standard InChI is InChI=1S/C22H24O5.U/c1-12(13(2)23)16-8-6-14-10-19(25-3)21(26-4)22(27-5)20(14)17-9-7-15(24)11-18(16)17;/h7,9-11,16,24H,1,6,8H2,2-5H3;/t16-;/m1./s1.